The highest BCUT2D eigenvalue weighted by molar-refractivity contribution is 6.65. The van der Waals surface area contributed by atoms with Gasteiger partial charge in [-0.05, 0) is 64.2 Å². The van der Waals surface area contributed by atoms with Crippen LogP contribution < -0.4 is 10.9 Å². The lowest BCUT2D eigenvalue weighted by molar-refractivity contribution is 0.00578. The standard InChI is InChI=1S/C25H29B2NO4/c1-16-17(2)30-26(29-16)19-11-9-18(10-12-19)20-13-14-22(23-21(20)8-7-15-28-23)27-31-24(3,4)25(5,6)32-27/h7-17H,1-6H3. The topological polar surface area (TPSA) is 49.8 Å². The van der Waals surface area contributed by atoms with Gasteiger partial charge in [0.15, 0.2) is 0 Å². The van der Waals surface area contributed by atoms with E-state index in [2.05, 4.69) is 70.2 Å². The summed E-state index contributed by atoms with van der Waals surface area (Å²) >= 11 is 0. The van der Waals surface area contributed by atoms with Crippen LogP contribution >= 0.6 is 0 Å². The van der Waals surface area contributed by atoms with Crippen molar-refractivity contribution in [2.24, 2.45) is 0 Å². The molecule has 0 bridgehead atoms. The minimum Gasteiger partial charge on any atom is -0.402 e. The molecule has 32 heavy (non-hydrogen) atoms. The number of hydrogen-bond donors (Lipinski definition) is 0. The molecule has 5 rings (SSSR count). The maximum atomic E-state index is 6.30. The summed E-state index contributed by atoms with van der Waals surface area (Å²) < 4.78 is 24.5. The maximum absolute atomic E-state index is 6.30. The molecule has 2 saturated heterocycles. The third-order valence-electron chi connectivity index (χ3n) is 7.14. The molecule has 2 aliphatic heterocycles. The first-order valence-electron chi connectivity index (χ1n) is 11.3. The van der Waals surface area contributed by atoms with Crippen LogP contribution in [-0.4, -0.2) is 42.6 Å². The number of rotatable bonds is 3. The monoisotopic (exact) mass is 429 g/mol. The van der Waals surface area contributed by atoms with E-state index < -0.39 is 18.3 Å². The fraction of sp³-hybridized carbons (Fsp3) is 0.400. The third kappa shape index (κ3) is 3.57. The Morgan fingerprint density at radius 3 is 2.03 bits per heavy atom. The highest BCUT2D eigenvalue weighted by Crippen LogP contribution is 2.37. The largest absolute Gasteiger partial charge is 0.497 e. The number of fused-ring (bicyclic) bond motifs is 1. The molecule has 164 valence electrons. The van der Waals surface area contributed by atoms with Crippen molar-refractivity contribution in [2.75, 3.05) is 0 Å². The second-order valence-electron chi connectivity index (χ2n) is 9.83. The summed E-state index contributed by atoms with van der Waals surface area (Å²) in [6, 6.07) is 16.7. The highest BCUT2D eigenvalue weighted by atomic mass is 16.7. The zero-order chi connectivity index (χ0) is 22.7. The van der Waals surface area contributed by atoms with Gasteiger partial charge in [0, 0.05) is 17.0 Å². The first kappa shape index (κ1) is 21.7. The smallest absolute Gasteiger partial charge is 0.402 e. The molecule has 3 aromatic rings. The van der Waals surface area contributed by atoms with Gasteiger partial charge in [-0.3, -0.25) is 4.98 Å². The molecule has 1 aromatic heterocycles. The Morgan fingerprint density at radius 1 is 0.781 bits per heavy atom. The minimum atomic E-state index is -0.450. The molecule has 3 heterocycles. The molecule has 0 N–H and O–H groups in total. The van der Waals surface area contributed by atoms with Crippen LogP contribution in [0.2, 0.25) is 0 Å². The first-order valence-corrected chi connectivity index (χ1v) is 11.3. The van der Waals surface area contributed by atoms with Crippen LogP contribution in [0.5, 0.6) is 0 Å². The van der Waals surface area contributed by atoms with E-state index in [4.69, 9.17) is 23.6 Å². The lowest BCUT2D eigenvalue weighted by Gasteiger charge is -2.32. The summed E-state index contributed by atoms with van der Waals surface area (Å²) in [5.41, 5.74) is 4.33. The summed E-state index contributed by atoms with van der Waals surface area (Å²) in [5, 5.41) is 1.07. The van der Waals surface area contributed by atoms with E-state index in [-0.39, 0.29) is 19.3 Å². The average molecular weight is 429 g/mol. The number of benzene rings is 2. The Labute approximate surface area is 190 Å². The van der Waals surface area contributed by atoms with Crippen molar-refractivity contribution in [1.29, 1.82) is 0 Å². The zero-order valence-electron chi connectivity index (χ0n) is 19.6. The minimum absolute atomic E-state index is 0.0946. The quantitative estimate of drug-likeness (QED) is 0.595. The Bertz CT molecular complexity index is 1120. The average Bonchev–Trinajstić information content (AvgIpc) is 3.21. The van der Waals surface area contributed by atoms with E-state index in [0.717, 1.165) is 33.0 Å². The molecule has 0 saturated carbocycles. The Kier molecular flexibility index (Phi) is 5.21. The summed E-state index contributed by atoms with van der Waals surface area (Å²) in [6.07, 6.45) is 2.01. The van der Waals surface area contributed by atoms with Gasteiger partial charge in [0.1, 0.15) is 0 Å². The molecule has 0 radical (unpaired) electrons. The van der Waals surface area contributed by atoms with Gasteiger partial charge in [-0.2, -0.15) is 0 Å². The molecular weight excluding hydrogens is 400 g/mol. The van der Waals surface area contributed by atoms with Gasteiger partial charge in [-0.15, -0.1) is 0 Å². The molecule has 5 nitrogen and oxygen atoms in total. The van der Waals surface area contributed by atoms with Gasteiger partial charge in [-0.25, -0.2) is 0 Å². The predicted molar refractivity (Wildman–Crippen MR) is 129 cm³/mol. The van der Waals surface area contributed by atoms with Crippen molar-refractivity contribution in [3.05, 3.63) is 54.7 Å². The molecule has 2 fully saturated rings. The van der Waals surface area contributed by atoms with Crippen LogP contribution in [0.25, 0.3) is 22.0 Å². The van der Waals surface area contributed by atoms with E-state index in [1.807, 2.05) is 26.1 Å². The summed E-state index contributed by atoms with van der Waals surface area (Å²) in [7, 11) is -0.757. The van der Waals surface area contributed by atoms with Crippen molar-refractivity contribution in [3.63, 3.8) is 0 Å². The summed E-state index contributed by atoms with van der Waals surface area (Å²) in [4.78, 5) is 4.70. The third-order valence-corrected chi connectivity index (χ3v) is 7.14. The fourth-order valence-corrected chi connectivity index (χ4v) is 4.23. The van der Waals surface area contributed by atoms with E-state index >= 15 is 0 Å². The van der Waals surface area contributed by atoms with Gasteiger partial charge < -0.3 is 18.6 Å². The van der Waals surface area contributed by atoms with E-state index in [1.54, 1.807) is 0 Å². The van der Waals surface area contributed by atoms with Crippen LogP contribution in [0.15, 0.2) is 54.7 Å². The van der Waals surface area contributed by atoms with Gasteiger partial charge in [0.2, 0.25) is 0 Å². The maximum Gasteiger partial charge on any atom is 0.497 e. The molecule has 0 spiro atoms. The molecule has 7 heteroatoms. The van der Waals surface area contributed by atoms with Crippen LogP contribution in [0.4, 0.5) is 0 Å². The number of aromatic nitrogens is 1. The van der Waals surface area contributed by atoms with E-state index in [9.17, 15) is 0 Å². The molecule has 2 aromatic carbocycles. The molecular formula is C25H29B2NO4. The van der Waals surface area contributed by atoms with Gasteiger partial charge in [-0.1, -0.05) is 42.5 Å². The predicted octanol–water partition coefficient (Wildman–Crippen LogP) is 3.72. The SMILES string of the molecule is CC1OB(c2ccc(-c3ccc(B4OC(C)(C)C(C)(C)O4)c4ncccc34)cc2)OC1C. The highest BCUT2D eigenvalue weighted by Gasteiger charge is 2.52. The molecule has 0 amide bonds. The van der Waals surface area contributed by atoms with Crippen LogP contribution in [0, 0.1) is 0 Å². The van der Waals surface area contributed by atoms with E-state index in [1.165, 1.54) is 0 Å². The Morgan fingerprint density at radius 2 is 1.41 bits per heavy atom. The summed E-state index contributed by atoms with van der Waals surface area (Å²) in [6.45, 7) is 12.4. The lowest BCUT2D eigenvalue weighted by Crippen LogP contribution is -2.41. The van der Waals surface area contributed by atoms with Crippen molar-refractivity contribution in [1.82, 2.24) is 4.98 Å². The van der Waals surface area contributed by atoms with Gasteiger partial charge in [0.05, 0.1) is 28.9 Å². The molecule has 0 aliphatic carbocycles. The molecule has 2 atom stereocenters. The fourth-order valence-electron chi connectivity index (χ4n) is 4.23. The van der Waals surface area contributed by atoms with Gasteiger partial charge >= 0.3 is 14.2 Å². The molecule has 2 aliphatic rings. The summed E-state index contributed by atoms with van der Waals surface area (Å²) in [5.74, 6) is 0. The van der Waals surface area contributed by atoms with Crippen LogP contribution in [-0.2, 0) is 18.6 Å². The Balaban J connectivity index is 1.50. The number of pyridine rings is 1. The lowest BCUT2D eigenvalue weighted by atomic mass is 9.76. The zero-order valence-corrected chi connectivity index (χ0v) is 19.6. The van der Waals surface area contributed by atoms with Gasteiger partial charge in [0.25, 0.3) is 0 Å². The van der Waals surface area contributed by atoms with Crippen LogP contribution in [0.3, 0.4) is 0 Å². The van der Waals surface area contributed by atoms with Crippen molar-refractivity contribution in [2.45, 2.75) is 65.0 Å². The number of hydrogen-bond acceptors (Lipinski definition) is 5. The second kappa shape index (κ2) is 7.70. The number of nitrogens with zero attached hydrogens (tertiary/aromatic N) is 1. The molecule has 2 unspecified atom stereocenters. The van der Waals surface area contributed by atoms with Crippen molar-refractivity contribution in [3.8, 4) is 11.1 Å². The normalized spacial score (nSPS) is 24.4. The first-order chi connectivity index (χ1) is 15.2. The van der Waals surface area contributed by atoms with Crippen LogP contribution in [0.1, 0.15) is 41.5 Å². The van der Waals surface area contributed by atoms with E-state index in [0.29, 0.717) is 0 Å². The van der Waals surface area contributed by atoms with Crippen molar-refractivity contribution >= 4 is 36.1 Å². The Hall–Kier alpha value is -2.18. The second-order valence-corrected chi connectivity index (χ2v) is 9.83. The van der Waals surface area contributed by atoms with Crippen molar-refractivity contribution < 1.29 is 18.6 Å².